The van der Waals surface area contributed by atoms with Crippen molar-refractivity contribution in [2.24, 2.45) is 5.92 Å². The largest absolute Gasteiger partial charge is 0.439 e. The molecule has 0 bridgehead atoms. The Morgan fingerprint density at radius 1 is 1.03 bits per heavy atom. The highest BCUT2D eigenvalue weighted by molar-refractivity contribution is 5.43. The predicted molar refractivity (Wildman–Crippen MR) is 128 cm³/mol. The molecule has 1 aromatic heterocycles. The second kappa shape index (κ2) is 11.3. The van der Waals surface area contributed by atoms with E-state index in [1.165, 1.54) is 0 Å². The molecule has 3 aromatic rings. The Labute approximate surface area is 191 Å². The summed E-state index contributed by atoms with van der Waals surface area (Å²) in [6.45, 7) is 10.7. The summed E-state index contributed by atoms with van der Waals surface area (Å²) in [7, 11) is 1.61. The summed E-state index contributed by atoms with van der Waals surface area (Å²) in [6.07, 6.45) is -0.552. The van der Waals surface area contributed by atoms with Crippen LogP contribution in [0.2, 0.25) is 0 Å². The normalized spacial score (nSPS) is 12.5. The van der Waals surface area contributed by atoms with Gasteiger partial charge in [0.1, 0.15) is 5.75 Å². The molecular weight excluding hydrogens is 402 g/mol. The molecule has 1 unspecified atom stereocenters. The van der Waals surface area contributed by atoms with Gasteiger partial charge in [-0.2, -0.15) is 5.10 Å². The van der Waals surface area contributed by atoms with E-state index in [9.17, 15) is 5.11 Å². The first-order valence-corrected chi connectivity index (χ1v) is 11.1. The van der Waals surface area contributed by atoms with Crippen molar-refractivity contribution in [1.82, 2.24) is 14.7 Å². The number of aryl methyl sites for hydroxylation is 2. The number of rotatable bonds is 11. The number of hydrogen-bond acceptors (Lipinski definition) is 5. The molecule has 6 nitrogen and oxygen atoms in total. The van der Waals surface area contributed by atoms with Crippen molar-refractivity contribution in [3.63, 3.8) is 0 Å². The average molecular weight is 438 g/mol. The van der Waals surface area contributed by atoms with Gasteiger partial charge in [-0.1, -0.05) is 44.2 Å². The Morgan fingerprint density at radius 2 is 1.78 bits per heavy atom. The molecule has 0 saturated heterocycles. The number of aliphatic hydroxyl groups excluding tert-OH is 1. The Morgan fingerprint density at radius 3 is 2.44 bits per heavy atom. The van der Waals surface area contributed by atoms with E-state index < -0.39 is 6.10 Å². The highest BCUT2D eigenvalue weighted by Gasteiger charge is 2.23. The molecule has 3 rings (SSSR count). The number of nitrogens with zero attached hydrogens (tertiary/aromatic N) is 3. The van der Waals surface area contributed by atoms with Crippen molar-refractivity contribution in [1.29, 1.82) is 0 Å². The topological polar surface area (TPSA) is 59.8 Å². The van der Waals surface area contributed by atoms with Crippen molar-refractivity contribution in [3.8, 4) is 17.3 Å². The first-order chi connectivity index (χ1) is 15.4. The second-order valence-corrected chi connectivity index (χ2v) is 8.73. The van der Waals surface area contributed by atoms with Gasteiger partial charge < -0.3 is 14.6 Å². The van der Waals surface area contributed by atoms with E-state index in [4.69, 9.17) is 14.6 Å². The Hall–Kier alpha value is -2.67. The summed E-state index contributed by atoms with van der Waals surface area (Å²) < 4.78 is 13.5. The monoisotopic (exact) mass is 437 g/mol. The minimum Gasteiger partial charge on any atom is -0.439 e. The van der Waals surface area contributed by atoms with E-state index in [0.717, 1.165) is 34.8 Å². The lowest BCUT2D eigenvalue weighted by molar-refractivity contribution is 0.0329. The summed E-state index contributed by atoms with van der Waals surface area (Å²) in [5.41, 5.74) is 4.00. The number of aliphatic hydroxyl groups is 1. The van der Waals surface area contributed by atoms with Crippen molar-refractivity contribution in [2.45, 2.75) is 40.3 Å². The minimum atomic E-state index is -0.552. The van der Waals surface area contributed by atoms with Crippen molar-refractivity contribution >= 4 is 0 Å². The number of benzene rings is 2. The van der Waals surface area contributed by atoms with E-state index in [0.29, 0.717) is 31.5 Å². The molecule has 0 amide bonds. The van der Waals surface area contributed by atoms with E-state index in [2.05, 4.69) is 31.7 Å². The summed E-state index contributed by atoms with van der Waals surface area (Å²) in [5, 5.41) is 15.2. The van der Waals surface area contributed by atoms with Crippen LogP contribution < -0.4 is 4.74 Å². The van der Waals surface area contributed by atoms with Gasteiger partial charge in [0, 0.05) is 26.7 Å². The van der Waals surface area contributed by atoms with Crippen molar-refractivity contribution < 1.29 is 14.6 Å². The van der Waals surface area contributed by atoms with Crippen LogP contribution in [0.3, 0.4) is 0 Å². The third-order valence-corrected chi connectivity index (χ3v) is 5.18. The molecule has 1 N–H and O–H groups in total. The smallest absolute Gasteiger partial charge is 0.227 e. The van der Waals surface area contributed by atoms with Gasteiger partial charge in [-0.15, -0.1) is 0 Å². The van der Waals surface area contributed by atoms with Gasteiger partial charge in [-0.25, -0.2) is 4.68 Å². The highest BCUT2D eigenvalue weighted by atomic mass is 16.5. The number of hydrogen-bond donors (Lipinski definition) is 1. The van der Waals surface area contributed by atoms with Gasteiger partial charge >= 0.3 is 0 Å². The maximum atomic E-state index is 10.4. The SMILES string of the molecule is COCC(O)CN(Cc1c(C)nn(-c2ccccc2)c1Oc1cccc(C)c1)CC(C)C. The third kappa shape index (κ3) is 6.42. The van der Waals surface area contributed by atoms with Gasteiger partial charge in [0.15, 0.2) is 0 Å². The fourth-order valence-corrected chi connectivity index (χ4v) is 3.85. The molecule has 0 spiro atoms. The molecule has 172 valence electrons. The van der Waals surface area contributed by atoms with E-state index in [1.54, 1.807) is 7.11 Å². The minimum absolute atomic E-state index is 0.309. The van der Waals surface area contributed by atoms with Crippen LogP contribution in [-0.2, 0) is 11.3 Å². The van der Waals surface area contributed by atoms with Crippen LogP contribution in [0.4, 0.5) is 0 Å². The van der Waals surface area contributed by atoms with E-state index in [1.807, 2.05) is 60.1 Å². The number of aromatic nitrogens is 2. The zero-order valence-corrected chi connectivity index (χ0v) is 19.8. The number of para-hydroxylation sites is 1. The molecule has 0 aliphatic carbocycles. The maximum Gasteiger partial charge on any atom is 0.227 e. The lowest BCUT2D eigenvalue weighted by Gasteiger charge is -2.26. The molecule has 2 aromatic carbocycles. The zero-order chi connectivity index (χ0) is 23.1. The Kier molecular flexibility index (Phi) is 8.45. The molecule has 1 atom stereocenters. The summed E-state index contributed by atoms with van der Waals surface area (Å²) in [5.74, 6) is 1.93. The maximum absolute atomic E-state index is 10.4. The van der Waals surface area contributed by atoms with Crippen LogP contribution >= 0.6 is 0 Å². The van der Waals surface area contributed by atoms with Gasteiger partial charge in [0.05, 0.1) is 29.7 Å². The second-order valence-electron chi connectivity index (χ2n) is 8.73. The van der Waals surface area contributed by atoms with Gasteiger partial charge in [-0.05, 0) is 49.6 Å². The van der Waals surface area contributed by atoms with Crippen LogP contribution in [0, 0.1) is 19.8 Å². The number of ether oxygens (including phenoxy) is 2. The van der Waals surface area contributed by atoms with Gasteiger partial charge in [-0.3, -0.25) is 4.90 Å². The lowest BCUT2D eigenvalue weighted by atomic mass is 10.1. The predicted octanol–water partition coefficient (Wildman–Crippen LogP) is 4.75. The van der Waals surface area contributed by atoms with Crippen LogP contribution in [0.1, 0.15) is 30.7 Å². The summed E-state index contributed by atoms with van der Waals surface area (Å²) in [4.78, 5) is 2.25. The van der Waals surface area contributed by atoms with E-state index >= 15 is 0 Å². The average Bonchev–Trinajstić information content (AvgIpc) is 3.04. The Bertz CT molecular complexity index is 985. The van der Waals surface area contributed by atoms with E-state index in [-0.39, 0.29) is 0 Å². The van der Waals surface area contributed by atoms with Crippen LogP contribution in [0.15, 0.2) is 54.6 Å². The van der Waals surface area contributed by atoms with Gasteiger partial charge in [0.2, 0.25) is 5.88 Å². The molecule has 1 heterocycles. The van der Waals surface area contributed by atoms with Crippen molar-refractivity contribution in [3.05, 3.63) is 71.4 Å². The summed E-state index contributed by atoms with van der Waals surface area (Å²) >= 11 is 0. The molecule has 0 saturated carbocycles. The standard InChI is InChI=1S/C26H35N3O3/c1-19(2)15-28(16-23(30)18-31-5)17-25-21(4)27-29(22-11-7-6-8-12-22)26(25)32-24-13-9-10-20(3)14-24/h6-14,19,23,30H,15-18H2,1-5H3. The third-order valence-electron chi connectivity index (χ3n) is 5.18. The zero-order valence-electron chi connectivity index (χ0n) is 19.8. The fraction of sp³-hybridized carbons (Fsp3) is 0.423. The molecule has 32 heavy (non-hydrogen) atoms. The molecular formula is C26H35N3O3. The molecule has 6 heteroatoms. The summed E-state index contributed by atoms with van der Waals surface area (Å²) in [6, 6.07) is 18.0. The quantitative estimate of drug-likeness (QED) is 0.469. The first-order valence-electron chi connectivity index (χ1n) is 11.1. The van der Waals surface area contributed by atoms with Crippen LogP contribution in [0.25, 0.3) is 5.69 Å². The molecule has 0 radical (unpaired) electrons. The van der Waals surface area contributed by atoms with Crippen molar-refractivity contribution in [2.75, 3.05) is 26.8 Å². The fourth-order valence-electron chi connectivity index (χ4n) is 3.85. The number of methoxy groups -OCH3 is 1. The van der Waals surface area contributed by atoms with Crippen LogP contribution in [0.5, 0.6) is 11.6 Å². The van der Waals surface area contributed by atoms with Gasteiger partial charge in [0.25, 0.3) is 0 Å². The Balaban J connectivity index is 2.00. The first kappa shape index (κ1) is 24.0. The molecule has 0 aliphatic rings. The molecule has 0 aliphatic heterocycles. The van der Waals surface area contributed by atoms with Crippen LogP contribution in [-0.4, -0.2) is 52.7 Å². The highest BCUT2D eigenvalue weighted by Crippen LogP contribution is 2.32. The molecule has 0 fully saturated rings. The lowest BCUT2D eigenvalue weighted by Crippen LogP contribution is -2.36.